The highest BCUT2D eigenvalue weighted by Crippen LogP contribution is 2.26. The number of aliphatic hydroxyl groups excluding tert-OH is 1. The maximum atomic E-state index is 9.82. The third kappa shape index (κ3) is 3.51. The van der Waals surface area contributed by atoms with E-state index in [9.17, 15) is 9.90 Å². The Morgan fingerprint density at radius 3 is 2.62 bits per heavy atom. The van der Waals surface area contributed by atoms with Crippen molar-refractivity contribution in [2.45, 2.75) is 20.0 Å². The third-order valence-electron chi connectivity index (χ3n) is 2.12. The summed E-state index contributed by atoms with van der Waals surface area (Å²) in [6.45, 7) is 3.65. The minimum atomic E-state index is -0.379. The summed E-state index contributed by atoms with van der Waals surface area (Å²) in [5.74, 6) is -0.211. The van der Waals surface area contributed by atoms with E-state index in [1.165, 1.54) is 6.92 Å². The molecule has 1 aliphatic carbocycles. The number of esters is 1. The van der Waals surface area contributed by atoms with Crippen LogP contribution in [0.4, 0.5) is 0 Å². The minimum Gasteiger partial charge on any atom is -0.466 e. The highest BCUT2D eigenvalue weighted by atomic mass is 16.5. The molecule has 0 aliphatic heterocycles. The Morgan fingerprint density at radius 2 is 2.12 bits per heavy atom. The largest absolute Gasteiger partial charge is 0.466 e. The standard InChI is InChI=1S/C9H8O.C4H8O2/c10-9-6-5-7-3-1-2-4-8(7)9;1-3-6-4(2)5/h1-6,9-10H;3H2,1-2H3. The lowest BCUT2D eigenvalue weighted by molar-refractivity contribution is -0.140. The fourth-order valence-corrected chi connectivity index (χ4v) is 1.43. The van der Waals surface area contributed by atoms with Crippen LogP contribution in [0.2, 0.25) is 0 Å². The molecule has 16 heavy (non-hydrogen) atoms. The van der Waals surface area contributed by atoms with Gasteiger partial charge in [-0.15, -0.1) is 0 Å². The molecule has 3 heteroatoms. The van der Waals surface area contributed by atoms with Crippen molar-refractivity contribution in [3.05, 3.63) is 41.5 Å². The quantitative estimate of drug-likeness (QED) is 0.739. The zero-order valence-electron chi connectivity index (χ0n) is 9.51. The van der Waals surface area contributed by atoms with E-state index in [0.29, 0.717) is 6.61 Å². The Morgan fingerprint density at radius 1 is 1.44 bits per heavy atom. The van der Waals surface area contributed by atoms with Crippen molar-refractivity contribution in [1.82, 2.24) is 0 Å². The van der Waals surface area contributed by atoms with E-state index < -0.39 is 0 Å². The van der Waals surface area contributed by atoms with E-state index in [4.69, 9.17) is 0 Å². The SMILES string of the molecule is CCOC(C)=O.OC1C=Cc2ccccc21. The Balaban J connectivity index is 0.000000187. The van der Waals surface area contributed by atoms with Crippen LogP contribution in [0.3, 0.4) is 0 Å². The predicted octanol–water partition coefficient (Wildman–Crippen LogP) is 2.32. The summed E-state index contributed by atoms with van der Waals surface area (Å²) in [5.41, 5.74) is 2.15. The van der Waals surface area contributed by atoms with Crippen molar-refractivity contribution in [3.63, 3.8) is 0 Å². The number of carbonyl (C=O) groups excluding carboxylic acids is 1. The number of hydrogen-bond donors (Lipinski definition) is 1. The monoisotopic (exact) mass is 220 g/mol. The molecule has 1 aliphatic rings. The van der Waals surface area contributed by atoms with Crippen LogP contribution in [0.5, 0.6) is 0 Å². The van der Waals surface area contributed by atoms with Crippen molar-refractivity contribution in [2.75, 3.05) is 6.61 Å². The molecule has 0 radical (unpaired) electrons. The number of benzene rings is 1. The van der Waals surface area contributed by atoms with Gasteiger partial charge in [0.15, 0.2) is 0 Å². The molecule has 3 nitrogen and oxygen atoms in total. The Bertz CT molecular complexity index is 383. The van der Waals surface area contributed by atoms with E-state index in [0.717, 1.165) is 11.1 Å². The summed E-state index contributed by atoms with van der Waals surface area (Å²) in [7, 11) is 0. The summed E-state index contributed by atoms with van der Waals surface area (Å²) in [5, 5.41) is 9.29. The summed E-state index contributed by atoms with van der Waals surface area (Å²) >= 11 is 0. The Labute approximate surface area is 95.4 Å². The van der Waals surface area contributed by atoms with E-state index in [1.807, 2.05) is 30.3 Å². The normalized spacial score (nSPS) is 16.1. The number of carbonyl (C=O) groups is 1. The highest BCUT2D eigenvalue weighted by Gasteiger charge is 2.11. The highest BCUT2D eigenvalue weighted by molar-refractivity contribution is 5.65. The molecule has 2 rings (SSSR count). The minimum absolute atomic E-state index is 0.211. The van der Waals surface area contributed by atoms with Crippen LogP contribution >= 0.6 is 0 Å². The Hall–Kier alpha value is -1.61. The maximum absolute atomic E-state index is 9.82. The molecular formula is C13H16O3. The summed E-state index contributed by atoms with van der Waals surface area (Å²) in [6, 6.07) is 7.86. The van der Waals surface area contributed by atoms with E-state index in [1.54, 1.807) is 13.0 Å². The fraction of sp³-hybridized carbons (Fsp3) is 0.308. The van der Waals surface area contributed by atoms with Crippen molar-refractivity contribution in [1.29, 1.82) is 0 Å². The lowest BCUT2D eigenvalue weighted by Gasteiger charge is -2.00. The van der Waals surface area contributed by atoms with E-state index in [2.05, 4.69) is 4.74 Å². The molecule has 86 valence electrons. The molecule has 0 spiro atoms. The van der Waals surface area contributed by atoms with Gasteiger partial charge in [0, 0.05) is 6.92 Å². The zero-order chi connectivity index (χ0) is 12.0. The van der Waals surface area contributed by atoms with Crippen LogP contribution in [0.1, 0.15) is 31.1 Å². The summed E-state index contributed by atoms with van der Waals surface area (Å²) in [6.07, 6.45) is 3.36. The average Bonchev–Trinajstić information content (AvgIpc) is 2.62. The summed E-state index contributed by atoms with van der Waals surface area (Å²) in [4.78, 5) is 9.82. The van der Waals surface area contributed by atoms with Gasteiger partial charge in [0.2, 0.25) is 0 Å². The second kappa shape index (κ2) is 6.08. The molecule has 0 saturated heterocycles. The Kier molecular flexibility index (Phi) is 4.73. The molecule has 1 aromatic rings. The number of aliphatic hydroxyl groups is 1. The summed E-state index contributed by atoms with van der Waals surface area (Å²) < 4.78 is 4.40. The lowest BCUT2D eigenvalue weighted by Crippen LogP contribution is -1.95. The van der Waals surface area contributed by atoms with Gasteiger partial charge >= 0.3 is 5.97 Å². The van der Waals surface area contributed by atoms with Gasteiger partial charge in [-0.2, -0.15) is 0 Å². The molecule has 1 N–H and O–H groups in total. The van der Waals surface area contributed by atoms with Gasteiger partial charge in [0.05, 0.1) is 12.7 Å². The molecule has 0 fully saturated rings. The molecule has 1 aromatic carbocycles. The van der Waals surface area contributed by atoms with Gasteiger partial charge in [-0.3, -0.25) is 4.79 Å². The predicted molar refractivity (Wildman–Crippen MR) is 62.7 cm³/mol. The maximum Gasteiger partial charge on any atom is 0.302 e. The molecular weight excluding hydrogens is 204 g/mol. The number of rotatable bonds is 1. The first-order valence-electron chi connectivity index (χ1n) is 5.23. The van der Waals surface area contributed by atoms with Gasteiger partial charge in [-0.05, 0) is 18.1 Å². The van der Waals surface area contributed by atoms with Crippen molar-refractivity contribution in [3.8, 4) is 0 Å². The molecule has 0 heterocycles. The van der Waals surface area contributed by atoms with Gasteiger partial charge < -0.3 is 9.84 Å². The molecule has 1 unspecified atom stereocenters. The van der Waals surface area contributed by atoms with Crippen molar-refractivity contribution in [2.24, 2.45) is 0 Å². The molecule has 1 atom stereocenters. The number of fused-ring (bicyclic) bond motifs is 1. The average molecular weight is 220 g/mol. The number of hydrogen-bond acceptors (Lipinski definition) is 3. The van der Waals surface area contributed by atoms with Crippen LogP contribution in [0, 0.1) is 0 Å². The smallest absolute Gasteiger partial charge is 0.302 e. The second-order valence-corrected chi connectivity index (χ2v) is 3.36. The van der Waals surface area contributed by atoms with E-state index in [-0.39, 0.29) is 12.1 Å². The first-order chi connectivity index (χ1) is 7.65. The van der Waals surface area contributed by atoms with Gasteiger partial charge in [0.1, 0.15) is 0 Å². The third-order valence-corrected chi connectivity index (χ3v) is 2.12. The fourth-order valence-electron chi connectivity index (χ4n) is 1.43. The topological polar surface area (TPSA) is 46.5 Å². The molecule has 0 saturated carbocycles. The molecule has 0 amide bonds. The number of ether oxygens (including phenoxy) is 1. The van der Waals surface area contributed by atoms with Crippen LogP contribution in [0.15, 0.2) is 30.3 Å². The molecule has 0 bridgehead atoms. The van der Waals surface area contributed by atoms with Crippen LogP contribution in [-0.2, 0) is 9.53 Å². The lowest BCUT2D eigenvalue weighted by atomic mass is 10.1. The van der Waals surface area contributed by atoms with Crippen molar-refractivity contribution >= 4 is 12.0 Å². The first kappa shape index (κ1) is 12.5. The van der Waals surface area contributed by atoms with Crippen molar-refractivity contribution < 1.29 is 14.6 Å². The van der Waals surface area contributed by atoms with Crippen LogP contribution in [0.25, 0.3) is 6.08 Å². The molecule has 0 aromatic heterocycles. The van der Waals surface area contributed by atoms with Gasteiger partial charge in [-0.1, -0.05) is 36.4 Å². The van der Waals surface area contributed by atoms with Gasteiger partial charge in [-0.25, -0.2) is 0 Å². The van der Waals surface area contributed by atoms with Crippen LogP contribution < -0.4 is 0 Å². The van der Waals surface area contributed by atoms with Crippen LogP contribution in [-0.4, -0.2) is 17.7 Å². The second-order valence-electron chi connectivity index (χ2n) is 3.36. The zero-order valence-corrected chi connectivity index (χ0v) is 9.51. The first-order valence-corrected chi connectivity index (χ1v) is 5.23. The van der Waals surface area contributed by atoms with E-state index >= 15 is 0 Å². The van der Waals surface area contributed by atoms with Gasteiger partial charge in [0.25, 0.3) is 0 Å².